The topological polar surface area (TPSA) is 75.6 Å². The summed E-state index contributed by atoms with van der Waals surface area (Å²) < 4.78 is 6.23. The second-order valence-electron chi connectivity index (χ2n) is 11.5. The molecule has 2 heterocycles. The first-order valence-corrected chi connectivity index (χ1v) is 15.4. The summed E-state index contributed by atoms with van der Waals surface area (Å²) >= 11 is 0. The molecule has 7 aromatic carbocycles. The zero-order valence-electron chi connectivity index (χ0n) is 25.1. The van der Waals surface area contributed by atoms with Crippen LogP contribution in [0.15, 0.2) is 150 Å². The molecule has 0 saturated heterocycles. The lowest BCUT2D eigenvalue weighted by Gasteiger charge is -2.13. The van der Waals surface area contributed by atoms with Gasteiger partial charge in [0.1, 0.15) is 11.2 Å². The van der Waals surface area contributed by atoms with Crippen molar-refractivity contribution in [2.45, 2.75) is 0 Å². The van der Waals surface area contributed by atoms with E-state index >= 15 is 0 Å². The van der Waals surface area contributed by atoms with Gasteiger partial charge in [-0.1, -0.05) is 109 Å². The quantitative estimate of drug-likeness (QED) is 0.201. The molecule has 0 aliphatic carbocycles. The zero-order valence-corrected chi connectivity index (χ0v) is 25.1. The minimum absolute atomic E-state index is 0.579. The predicted molar refractivity (Wildman–Crippen MR) is 189 cm³/mol. The molecule has 9 rings (SSSR count). The molecule has 0 bridgehead atoms. The minimum atomic E-state index is 0.579. The Morgan fingerprint density at radius 1 is 0.447 bits per heavy atom. The second kappa shape index (κ2) is 10.8. The highest BCUT2D eigenvalue weighted by Gasteiger charge is 2.19. The first kappa shape index (κ1) is 26.7. The van der Waals surface area contributed by atoms with Crippen molar-refractivity contribution in [3.05, 3.63) is 151 Å². The van der Waals surface area contributed by atoms with Crippen molar-refractivity contribution < 1.29 is 4.42 Å². The van der Waals surface area contributed by atoms with E-state index in [0.717, 1.165) is 71.3 Å². The minimum Gasteiger partial charge on any atom is -0.456 e. The van der Waals surface area contributed by atoms with Gasteiger partial charge in [-0.25, -0.2) is 15.0 Å². The Hall–Kier alpha value is -6.64. The van der Waals surface area contributed by atoms with Crippen LogP contribution in [-0.4, -0.2) is 15.0 Å². The predicted octanol–water partition coefficient (Wildman–Crippen LogP) is 10.6. The van der Waals surface area contributed by atoms with Crippen LogP contribution in [0.25, 0.3) is 88.8 Å². The lowest BCUT2D eigenvalue weighted by atomic mass is 9.94. The Bertz CT molecular complexity index is 2700. The van der Waals surface area contributed by atoms with E-state index in [1.165, 1.54) is 0 Å². The van der Waals surface area contributed by atoms with Crippen LogP contribution in [0.3, 0.4) is 0 Å². The van der Waals surface area contributed by atoms with Crippen LogP contribution in [0.1, 0.15) is 5.56 Å². The van der Waals surface area contributed by atoms with Crippen molar-refractivity contribution in [2.75, 3.05) is 0 Å². The Labute approximate surface area is 270 Å². The van der Waals surface area contributed by atoms with E-state index in [2.05, 4.69) is 72.8 Å². The number of aromatic nitrogens is 3. The first-order chi connectivity index (χ1) is 23.2. The molecule has 0 saturated carbocycles. The van der Waals surface area contributed by atoms with Crippen LogP contribution < -0.4 is 0 Å². The van der Waals surface area contributed by atoms with Crippen LogP contribution in [-0.2, 0) is 0 Å². The summed E-state index contributed by atoms with van der Waals surface area (Å²) in [5, 5.41) is 15.7. The zero-order chi connectivity index (χ0) is 31.3. The molecule has 0 aliphatic rings. The molecule has 2 aromatic heterocycles. The van der Waals surface area contributed by atoms with Crippen LogP contribution in [0, 0.1) is 11.3 Å². The molecule has 218 valence electrons. The van der Waals surface area contributed by atoms with Gasteiger partial charge in [0.05, 0.1) is 11.6 Å². The van der Waals surface area contributed by atoms with Gasteiger partial charge >= 0.3 is 0 Å². The molecule has 5 nitrogen and oxygen atoms in total. The molecule has 0 fully saturated rings. The maximum atomic E-state index is 9.32. The van der Waals surface area contributed by atoms with Gasteiger partial charge in [-0.15, -0.1) is 0 Å². The smallest absolute Gasteiger partial charge is 0.164 e. The van der Waals surface area contributed by atoms with E-state index in [0.29, 0.717) is 23.0 Å². The molecule has 0 spiro atoms. The summed E-state index contributed by atoms with van der Waals surface area (Å²) in [6.45, 7) is 0. The highest BCUT2D eigenvalue weighted by atomic mass is 16.3. The van der Waals surface area contributed by atoms with E-state index in [9.17, 15) is 5.26 Å². The summed E-state index contributed by atoms with van der Waals surface area (Å²) in [4.78, 5) is 15.4. The maximum Gasteiger partial charge on any atom is 0.164 e. The van der Waals surface area contributed by atoms with E-state index < -0.39 is 0 Å². The van der Waals surface area contributed by atoms with E-state index in [-0.39, 0.29) is 0 Å². The summed E-state index contributed by atoms with van der Waals surface area (Å²) in [6.07, 6.45) is 0. The van der Waals surface area contributed by atoms with Gasteiger partial charge in [-0.05, 0) is 69.1 Å². The maximum absolute atomic E-state index is 9.32. The highest BCUT2D eigenvalue weighted by Crippen LogP contribution is 2.39. The first-order valence-electron chi connectivity index (χ1n) is 15.4. The van der Waals surface area contributed by atoms with Crippen molar-refractivity contribution in [3.63, 3.8) is 0 Å². The number of benzene rings is 7. The number of fused-ring (bicyclic) bond motifs is 5. The fourth-order valence-corrected chi connectivity index (χ4v) is 6.51. The Morgan fingerprint density at radius 3 is 1.87 bits per heavy atom. The van der Waals surface area contributed by atoms with E-state index in [4.69, 9.17) is 19.4 Å². The van der Waals surface area contributed by atoms with Crippen molar-refractivity contribution in [1.29, 1.82) is 5.26 Å². The van der Waals surface area contributed by atoms with Gasteiger partial charge in [0.2, 0.25) is 0 Å². The average Bonchev–Trinajstić information content (AvgIpc) is 3.53. The van der Waals surface area contributed by atoms with Gasteiger partial charge < -0.3 is 4.42 Å². The fourth-order valence-electron chi connectivity index (χ4n) is 6.51. The molecule has 0 radical (unpaired) electrons. The molecular weight excluding hydrogens is 576 g/mol. The normalized spacial score (nSPS) is 11.4. The molecule has 0 atom stereocenters. The molecular formula is C42H24N4O. The number of furan rings is 1. The SMILES string of the molecule is N#Cc1ccc(-c2ccc(-c3nc(-c4ccc5ccccc5c4)nc(-c4cccc5oc6ccccc6c45)n3)c3ccccc23)cc1. The number of hydrogen-bond donors (Lipinski definition) is 0. The van der Waals surface area contributed by atoms with Gasteiger partial charge in [0.15, 0.2) is 17.5 Å². The molecule has 0 amide bonds. The average molecular weight is 601 g/mol. The van der Waals surface area contributed by atoms with Gasteiger partial charge in [0, 0.05) is 27.5 Å². The van der Waals surface area contributed by atoms with Crippen molar-refractivity contribution in [1.82, 2.24) is 15.0 Å². The summed E-state index contributed by atoms with van der Waals surface area (Å²) in [5.74, 6) is 1.77. The Morgan fingerprint density at radius 2 is 1.06 bits per heavy atom. The van der Waals surface area contributed by atoms with E-state index in [1.807, 2.05) is 78.9 Å². The van der Waals surface area contributed by atoms with Gasteiger partial charge in [-0.2, -0.15) is 5.26 Å². The van der Waals surface area contributed by atoms with Crippen molar-refractivity contribution in [3.8, 4) is 51.4 Å². The third-order valence-electron chi connectivity index (χ3n) is 8.78. The Kier molecular flexibility index (Phi) is 6.12. The van der Waals surface area contributed by atoms with Crippen molar-refractivity contribution in [2.24, 2.45) is 0 Å². The largest absolute Gasteiger partial charge is 0.456 e. The van der Waals surface area contributed by atoms with Crippen LogP contribution >= 0.6 is 0 Å². The molecule has 0 aliphatic heterocycles. The van der Waals surface area contributed by atoms with Crippen LogP contribution in [0.5, 0.6) is 0 Å². The summed E-state index contributed by atoms with van der Waals surface area (Å²) in [6, 6.07) is 51.2. The molecule has 5 heteroatoms. The standard InChI is InChI=1S/C42H24N4O/c43-25-26-16-18-28(19-17-26)31-22-23-34(33-11-4-3-10-32(31)33)41-44-40(30-21-20-27-8-1-2-9-29(27)24-30)45-42(46-41)36-13-7-15-38-39(36)35-12-5-6-14-37(35)47-38/h1-24H. The highest BCUT2D eigenvalue weighted by molar-refractivity contribution is 6.12. The number of nitriles is 1. The van der Waals surface area contributed by atoms with Gasteiger partial charge in [0.25, 0.3) is 0 Å². The Balaban J connectivity index is 1.30. The van der Waals surface area contributed by atoms with Crippen LogP contribution in [0.2, 0.25) is 0 Å². The lowest BCUT2D eigenvalue weighted by molar-refractivity contribution is 0.669. The number of para-hydroxylation sites is 1. The van der Waals surface area contributed by atoms with Gasteiger partial charge in [-0.3, -0.25) is 0 Å². The number of nitrogens with zero attached hydrogens (tertiary/aromatic N) is 4. The number of hydrogen-bond acceptors (Lipinski definition) is 5. The van der Waals surface area contributed by atoms with Crippen LogP contribution in [0.4, 0.5) is 0 Å². The molecule has 0 N–H and O–H groups in total. The number of rotatable bonds is 4. The van der Waals surface area contributed by atoms with Crippen molar-refractivity contribution >= 4 is 43.5 Å². The molecule has 0 unspecified atom stereocenters. The third kappa shape index (κ3) is 4.51. The molecule has 9 aromatic rings. The second-order valence-corrected chi connectivity index (χ2v) is 11.5. The van der Waals surface area contributed by atoms with E-state index in [1.54, 1.807) is 0 Å². The molecule has 47 heavy (non-hydrogen) atoms. The third-order valence-corrected chi connectivity index (χ3v) is 8.78. The lowest BCUT2D eigenvalue weighted by Crippen LogP contribution is -2.01. The fraction of sp³-hybridized carbons (Fsp3) is 0. The summed E-state index contributed by atoms with van der Waals surface area (Å²) in [5.41, 5.74) is 7.07. The summed E-state index contributed by atoms with van der Waals surface area (Å²) in [7, 11) is 0. The monoisotopic (exact) mass is 600 g/mol.